The Bertz CT molecular complexity index is 823. The maximum Gasteiger partial charge on any atom is 0.225 e. The highest BCUT2D eigenvalue weighted by atomic mass is 16.2. The number of piperidine rings is 1. The van der Waals surface area contributed by atoms with Crippen LogP contribution < -0.4 is 5.32 Å². The maximum absolute atomic E-state index is 13.3. The fourth-order valence-electron chi connectivity index (χ4n) is 4.13. The predicted molar refractivity (Wildman–Crippen MR) is 120 cm³/mol. The molecule has 2 aromatic rings. The molecule has 0 aromatic heterocycles. The summed E-state index contributed by atoms with van der Waals surface area (Å²) in [4.78, 5) is 30.2. The van der Waals surface area contributed by atoms with E-state index >= 15 is 0 Å². The minimum Gasteiger partial charge on any atom is -0.353 e. The van der Waals surface area contributed by atoms with Gasteiger partial charge in [0.15, 0.2) is 0 Å². The maximum atomic E-state index is 13.3. The van der Waals surface area contributed by atoms with E-state index in [0.717, 1.165) is 24.1 Å². The summed E-state index contributed by atoms with van der Waals surface area (Å²) in [7, 11) is 4.07. The molecule has 0 saturated carbocycles. The van der Waals surface area contributed by atoms with Crippen molar-refractivity contribution in [3.05, 3.63) is 71.8 Å². The normalized spacial score (nSPS) is 20.3. The van der Waals surface area contributed by atoms with Gasteiger partial charge in [-0.3, -0.25) is 9.59 Å². The smallest absolute Gasteiger partial charge is 0.225 e. The molecule has 1 aliphatic heterocycles. The van der Waals surface area contributed by atoms with Crippen LogP contribution in [0.2, 0.25) is 0 Å². The highest BCUT2D eigenvalue weighted by molar-refractivity contribution is 5.85. The van der Waals surface area contributed by atoms with E-state index in [1.165, 1.54) is 0 Å². The Morgan fingerprint density at radius 1 is 1.10 bits per heavy atom. The van der Waals surface area contributed by atoms with Crippen LogP contribution in [0.4, 0.5) is 0 Å². The Kier molecular flexibility index (Phi) is 7.63. The second-order valence-electron chi connectivity index (χ2n) is 8.51. The van der Waals surface area contributed by atoms with Gasteiger partial charge in [0.2, 0.25) is 11.8 Å². The van der Waals surface area contributed by atoms with Crippen LogP contribution in [-0.4, -0.2) is 48.3 Å². The molecule has 5 nitrogen and oxygen atoms in total. The second-order valence-corrected chi connectivity index (χ2v) is 8.51. The molecule has 1 aliphatic rings. The first-order valence-electron chi connectivity index (χ1n) is 10.8. The number of carbonyl (C=O) groups is 2. The van der Waals surface area contributed by atoms with E-state index in [2.05, 4.69) is 17.1 Å². The number of rotatable bonds is 8. The van der Waals surface area contributed by atoms with E-state index in [-0.39, 0.29) is 29.8 Å². The van der Waals surface area contributed by atoms with Gasteiger partial charge in [-0.25, -0.2) is 0 Å². The molecule has 3 atom stereocenters. The SMILES string of the molecule is CC(CCN(C)C)NC(=O)C1CCC(=O)N(Cc2ccccc2)C1c1ccccc1. The van der Waals surface area contributed by atoms with E-state index in [1.54, 1.807) is 0 Å². The van der Waals surface area contributed by atoms with Gasteiger partial charge in [0.05, 0.1) is 12.0 Å². The number of likely N-dealkylation sites (tertiary alicyclic amines) is 1. The lowest BCUT2D eigenvalue weighted by Gasteiger charge is -2.41. The van der Waals surface area contributed by atoms with Crippen LogP contribution in [0.1, 0.15) is 43.4 Å². The quantitative estimate of drug-likeness (QED) is 0.727. The van der Waals surface area contributed by atoms with Crippen molar-refractivity contribution in [1.29, 1.82) is 0 Å². The van der Waals surface area contributed by atoms with Crippen molar-refractivity contribution < 1.29 is 9.59 Å². The molecule has 2 aromatic carbocycles. The largest absolute Gasteiger partial charge is 0.353 e. The lowest BCUT2D eigenvalue weighted by molar-refractivity contribution is -0.144. The number of nitrogens with zero attached hydrogens (tertiary/aromatic N) is 2. The first kappa shape index (κ1) is 22.0. The van der Waals surface area contributed by atoms with Crippen LogP contribution in [0.15, 0.2) is 60.7 Å². The Morgan fingerprint density at radius 2 is 1.73 bits per heavy atom. The molecule has 1 N–H and O–H groups in total. The fraction of sp³-hybridized carbons (Fsp3) is 0.440. The van der Waals surface area contributed by atoms with Gasteiger partial charge in [-0.2, -0.15) is 0 Å². The summed E-state index contributed by atoms with van der Waals surface area (Å²) < 4.78 is 0. The fourth-order valence-corrected chi connectivity index (χ4v) is 4.13. The lowest BCUT2D eigenvalue weighted by Crippen LogP contribution is -2.49. The number of hydrogen-bond donors (Lipinski definition) is 1. The topological polar surface area (TPSA) is 52.7 Å². The molecule has 0 radical (unpaired) electrons. The first-order chi connectivity index (χ1) is 14.5. The van der Waals surface area contributed by atoms with Crippen molar-refractivity contribution in [2.24, 2.45) is 5.92 Å². The highest BCUT2D eigenvalue weighted by Crippen LogP contribution is 2.38. The molecule has 1 heterocycles. The van der Waals surface area contributed by atoms with Crippen molar-refractivity contribution >= 4 is 11.8 Å². The molecule has 0 bridgehead atoms. The van der Waals surface area contributed by atoms with Crippen molar-refractivity contribution in [1.82, 2.24) is 15.1 Å². The third-order valence-corrected chi connectivity index (χ3v) is 5.78. The molecule has 0 spiro atoms. The van der Waals surface area contributed by atoms with E-state index in [0.29, 0.717) is 19.4 Å². The molecule has 1 fully saturated rings. The molecule has 3 unspecified atom stereocenters. The zero-order valence-corrected chi connectivity index (χ0v) is 18.3. The van der Waals surface area contributed by atoms with Crippen LogP contribution in [0.3, 0.4) is 0 Å². The zero-order valence-electron chi connectivity index (χ0n) is 18.3. The molecule has 5 heteroatoms. The number of benzene rings is 2. The molecule has 160 valence electrons. The molecule has 0 aliphatic carbocycles. The summed E-state index contributed by atoms with van der Waals surface area (Å²) >= 11 is 0. The third-order valence-electron chi connectivity index (χ3n) is 5.78. The summed E-state index contributed by atoms with van der Waals surface area (Å²) in [5, 5.41) is 3.20. The third kappa shape index (κ3) is 5.70. The van der Waals surface area contributed by atoms with Gasteiger partial charge in [-0.15, -0.1) is 0 Å². The standard InChI is InChI=1S/C25H33N3O2/c1-19(16-17-27(2)3)26-25(30)22-14-15-23(29)28(18-20-10-6-4-7-11-20)24(22)21-12-8-5-9-13-21/h4-13,19,22,24H,14-18H2,1-3H3,(H,26,30). The summed E-state index contributed by atoms with van der Waals surface area (Å²) in [6.07, 6.45) is 1.88. The molecular weight excluding hydrogens is 374 g/mol. The average Bonchev–Trinajstić information content (AvgIpc) is 2.75. The monoisotopic (exact) mass is 407 g/mol. The average molecular weight is 408 g/mol. The van der Waals surface area contributed by atoms with Crippen LogP contribution in [0.5, 0.6) is 0 Å². The molecule has 30 heavy (non-hydrogen) atoms. The zero-order chi connectivity index (χ0) is 21.5. The van der Waals surface area contributed by atoms with Crippen molar-refractivity contribution in [2.75, 3.05) is 20.6 Å². The second kappa shape index (κ2) is 10.4. The van der Waals surface area contributed by atoms with Crippen LogP contribution in [-0.2, 0) is 16.1 Å². The van der Waals surface area contributed by atoms with Gasteiger partial charge in [0.1, 0.15) is 0 Å². The van der Waals surface area contributed by atoms with Gasteiger partial charge in [0.25, 0.3) is 0 Å². The molecular formula is C25H33N3O2. The van der Waals surface area contributed by atoms with Crippen molar-refractivity contribution in [3.8, 4) is 0 Å². The molecule has 3 rings (SSSR count). The van der Waals surface area contributed by atoms with Crippen LogP contribution in [0, 0.1) is 5.92 Å². The minimum atomic E-state index is -0.256. The summed E-state index contributed by atoms with van der Waals surface area (Å²) in [5.74, 6) is -0.103. The van der Waals surface area contributed by atoms with Crippen LogP contribution >= 0.6 is 0 Å². The van der Waals surface area contributed by atoms with E-state index in [4.69, 9.17) is 0 Å². The molecule has 2 amide bonds. The van der Waals surface area contributed by atoms with Crippen molar-refractivity contribution in [3.63, 3.8) is 0 Å². The number of nitrogens with one attached hydrogen (secondary N) is 1. The Balaban J connectivity index is 1.83. The van der Waals surface area contributed by atoms with E-state index in [1.807, 2.05) is 79.7 Å². The van der Waals surface area contributed by atoms with E-state index < -0.39 is 0 Å². The van der Waals surface area contributed by atoms with E-state index in [9.17, 15) is 9.59 Å². The van der Waals surface area contributed by atoms with Gasteiger partial charge in [-0.05, 0) is 51.5 Å². The minimum absolute atomic E-state index is 0.0423. The summed E-state index contributed by atoms with van der Waals surface area (Å²) in [6.45, 7) is 3.49. The first-order valence-corrected chi connectivity index (χ1v) is 10.8. The number of carbonyl (C=O) groups excluding carboxylic acids is 2. The Morgan fingerprint density at radius 3 is 2.37 bits per heavy atom. The Hall–Kier alpha value is -2.66. The van der Waals surface area contributed by atoms with Crippen LogP contribution in [0.25, 0.3) is 0 Å². The predicted octanol–water partition coefficient (Wildman–Crippen LogP) is 3.62. The summed E-state index contributed by atoms with van der Waals surface area (Å²) in [5.41, 5.74) is 2.09. The van der Waals surface area contributed by atoms with Gasteiger partial charge in [-0.1, -0.05) is 60.7 Å². The number of amides is 2. The van der Waals surface area contributed by atoms with Crippen molar-refractivity contribution in [2.45, 2.75) is 44.8 Å². The van der Waals surface area contributed by atoms with Gasteiger partial charge >= 0.3 is 0 Å². The number of hydrogen-bond acceptors (Lipinski definition) is 3. The van der Waals surface area contributed by atoms with Gasteiger partial charge < -0.3 is 15.1 Å². The summed E-state index contributed by atoms with van der Waals surface area (Å²) in [6, 6.07) is 19.8. The Labute approximate surface area is 180 Å². The lowest BCUT2D eigenvalue weighted by atomic mass is 9.83. The van der Waals surface area contributed by atoms with Gasteiger partial charge in [0, 0.05) is 19.0 Å². The highest BCUT2D eigenvalue weighted by Gasteiger charge is 2.40. The molecule has 1 saturated heterocycles.